The molecule has 0 radical (unpaired) electrons. The first-order chi connectivity index (χ1) is 14.1. The molecule has 2 aromatic heterocycles. The van der Waals surface area contributed by atoms with Gasteiger partial charge in [0.1, 0.15) is 11.6 Å². The van der Waals surface area contributed by atoms with E-state index in [1.807, 2.05) is 12.4 Å². The van der Waals surface area contributed by atoms with Crippen molar-refractivity contribution in [2.45, 2.75) is 44.2 Å². The van der Waals surface area contributed by atoms with Crippen LogP contribution in [0.5, 0.6) is 0 Å². The van der Waals surface area contributed by atoms with Crippen molar-refractivity contribution in [2.75, 3.05) is 6.54 Å². The first-order valence-electron chi connectivity index (χ1n) is 9.76. The molecule has 1 aromatic carbocycles. The fourth-order valence-corrected chi connectivity index (χ4v) is 4.71. The van der Waals surface area contributed by atoms with Gasteiger partial charge in [0.05, 0.1) is 17.9 Å². The minimum Gasteiger partial charge on any atom is -0.326 e. The van der Waals surface area contributed by atoms with Gasteiger partial charge >= 0.3 is 0 Å². The maximum atomic E-state index is 14.6. The average Bonchev–Trinajstić information content (AvgIpc) is 3.41. The van der Waals surface area contributed by atoms with Crippen LogP contribution in [0.2, 0.25) is 0 Å². The van der Waals surface area contributed by atoms with E-state index in [-0.39, 0.29) is 12.1 Å². The Bertz CT molecular complexity index is 966. The lowest BCUT2D eigenvalue weighted by atomic mass is 9.87. The van der Waals surface area contributed by atoms with E-state index in [1.165, 1.54) is 17.7 Å². The number of halogens is 2. The molecule has 29 heavy (non-hydrogen) atoms. The molecule has 0 amide bonds. The van der Waals surface area contributed by atoms with Crippen LogP contribution in [-0.4, -0.2) is 48.8 Å². The molecule has 2 aliphatic heterocycles. The molecular weight excluding hydrogens is 376 g/mol. The lowest BCUT2D eigenvalue weighted by Crippen LogP contribution is -2.55. The number of rotatable bonds is 4. The van der Waals surface area contributed by atoms with Crippen LogP contribution in [0.1, 0.15) is 34.8 Å². The third-order valence-corrected chi connectivity index (χ3v) is 6.06. The van der Waals surface area contributed by atoms with Crippen molar-refractivity contribution in [1.29, 1.82) is 0 Å². The highest BCUT2D eigenvalue weighted by molar-refractivity contribution is 5.26. The molecule has 0 bridgehead atoms. The Morgan fingerprint density at radius 1 is 1.17 bits per heavy atom. The fourth-order valence-electron chi connectivity index (χ4n) is 4.71. The molecule has 1 saturated heterocycles. The summed E-state index contributed by atoms with van der Waals surface area (Å²) in [5.41, 5.74) is 10.2. The highest BCUT2D eigenvalue weighted by Gasteiger charge is 2.40. The molecule has 3 aromatic rings. The van der Waals surface area contributed by atoms with Crippen molar-refractivity contribution in [2.24, 2.45) is 5.73 Å². The number of hydrogen-bond acceptors (Lipinski definition) is 5. The lowest BCUT2D eigenvalue weighted by molar-refractivity contribution is 0.0362. The summed E-state index contributed by atoms with van der Waals surface area (Å²) in [5.74, 6) is -0.882. The van der Waals surface area contributed by atoms with Gasteiger partial charge in [0.15, 0.2) is 0 Å². The standard InChI is InChI=1S/C20H23F2N7/c21-14-1-2-17(22)16(3-14)20-18(23)4-15(10-29(20)8-12-5-24-25-6-12)28-9-13-7-26-27-19(13)11-28/h1-3,5-7,15,18,20H,4,8-11,23H2,(H,24,25)(H,26,27)/t15-,18+,20?/m1/s1. The van der Waals surface area contributed by atoms with Crippen LogP contribution in [0.4, 0.5) is 8.78 Å². The Labute approximate surface area is 166 Å². The monoisotopic (exact) mass is 399 g/mol. The Morgan fingerprint density at radius 3 is 2.86 bits per heavy atom. The first kappa shape index (κ1) is 18.4. The second-order valence-electron chi connectivity index (χ2n) is 7.96. The normalized spacial score (nSPS) is 25.4. The van der Waals surface area contributed by atoms with E-state index in [4.69, 9.17) is 5.73 Å². The minimum absolute atomic E-state index is 0.207. The summed E-state index contributed by atoms with van der Waals surface area (Å²) >= 11 is 0. The Hall–Kier alpha value is -2.62. The number of benzene rings is 1. The summed E-state index contributed by atoms with van der Waals surface area (Å²) in [6.45, 7) is 2.85. The van der Waals surface area contributed by atoms with Crippen molar-refractivity contribution in [1.82, 2.24) is 30.2 Å². The molecule has 2 aliphatic rings. The number of nitrogens with one attached hydrogen (secondary N) is 2. The highest BCUT2D eigenvalue weighted by Crippen LogP contribution is 2.36. The summed E-state index contributed by atoms with van der Waals surface area (Å²) in [5, 5.41) is 14.1. The smallest absolute Gasteiger partial charge is 0.128 e. The summed E-state index contributed by atoms with van der Waals surface area (Å²) in [6, 6.07) is 3.07. The molecule has 1 unspecified atom stereocenters. The summed E-state index contributed by atoms with van der Waals surface area (Å²) < 4.78 is 28.5. The number of piperidine rings is 1. The summed E-state index contributed by atoms with van der Waals surface area (Å²) in [6.07, 6.45) is 6.21. The van der Waals surface area contributed by atoms with Gasteiger partial charge in [-0.15, -0.1) is 0 Å². The predicted octanol–water partition coefficient (Wildman–Crippen LogP) is 2.07. The second-order valence-corrected chi connectivity index (χ2v) is 7.96. The third-order valence-electron chi connectivity index (χ3n) is 6.06. The fraction of sp³-hybridized carbons (Fsp3) is 0.400. The molecule has 9 heteroatoms. The molecule has 4 heterocycles. The number of aromatic amines is 2. The van der Waals surface area contributed by atoms with Gasteiger partial charge in [-0.3, -0.25) is 20.0 Å². The van der Waals surface area contributed by atoms with Gasteiger partial charge in [0.2, 0.25) is 0 Å². The third kappa shape index (κ3) is 3.45. The van der Waals surface area contributed by atoms with E-state index in [9.17, 15) is 8.78 Å². The summed E-state index contributed by atoms with van der Waals surface area (Å²) in [7, 11) is 0. The Balaban J connectivity index is 1.43. The van der Waals surface area contributed by atoms with Gasteiger partial charge in [-0.25, -0.2) is 8.78 Å². The van der Waals surface area contributed by atoms with Gasteiger partial charge in [-0.1, -0.05) is 0 Å². The number of fused-ring (bicyclic) bond motifs is 1. The maximum absolute atomic E-state index is 14.6. The molecule has 0 spiro atoms. The van der Waals surface area contributed by atoms with Gasteiger partial charge in [0.25, 0.3) is 0 Å². The van der Waals surface area contributed by atoms with Gasteiger partial charge < -0.3 is 5.73 Å². The minimum atomic E-state index is -0.455. The van der Waals surface area contributed by atoms with Crippen LogP contribution in [0.3, 0.4) is 0 Å². The van der Waals surface area contributed by atoms with Crippen molar-refractivity contribution in [3.8, 4) is 0 Å². The van der Waals surface area contributed by atoms with Gasteiger partial charge in [-0.05, 0) is 24.6 Å². The van der Waals surface area contributed by atoms with E-state index in [0.717, 1.165) is 30.4 Å². The van der Waals surface area contributed by atoms with Crippen molar-refractivity contribution < 1.29 is 8.78 Å². The lowest BCUT2D eigenvalue weighted by Gasteiger charge is -2.46. The molecule has 3 atom stereocenters. The van der Waals surface area contributed by atoms with Gasteiger partial charge in [-0.2, -0.15) is 10.2 Å². The van der Waals surface area contributed by atoms with Crippen molar-refractivity contribution >= 4 is 0 Å². The van der Waals surface area contributed by atoms with Crippen LogP contribution < -0.4 is 5.73 Å². The molecule has 152 valence electrons. The van der Waals surface area contributed by atoms with Crippen molar-refractivity contribution in [3.05, 3.63) is 70.8 Å². The molecule has 0 aliphatic carbocycles. The first-order valence-corrected chi connectivity index (χ1v) is 9.76. The quantitative estimate of drug-likeness (QED) is 0.625. The number of nitrogens with two attached hydrogens (primary N) is 1. The topological polar surface area (TPSA) is 89.9 Å². The van der Waals surface area contributed by atoms with E-state index in [1.54, 1.807) is 6.20 Å². The molecule has 0 saturated carbocycles. The number of H-pyrrole nitrogens is 2. The van der Waals surface area contributed by atoms with Crippen LogP contribution >= 0.6 is 0 Å². The number of hydrogen-bond donors (Lipinski definition) is 3. The molecule has 7 nitrogen and oxygen atoms in total. The van der Waals surface area contributed by atoms with Crippen LogP contribution in [-0.2, 0) is 19.6 Å². The number of aromatic nitrogens is 4. The van der Waals surface area contributed by atoms with E-state index in [0.29, 0.717) is 25.1 Å². The van der Waals surface area contributed by atoms with E-state index < -0.39 is 17.7 Å². The molecule has 5 rings (SSSR count). The SMILES string of the molecule is N[C@H]1C[C@@H](N2Cc3c[nH]nc3C2)CN(Cc2cn[nH]c2)C1c1cc(F)ccc1F. The largest absolute Gasteiger partial charge is 0.326 e. The van der Waals surface area contributed by atoms with Gasteiger partial charge in [0, 0.05) is 67.3 Å². The zero-order valence-corrected chi connectivity index (χ0v) is 15.9. The molecule has 1 fully saturated rings. The summed E-state index contributed by atoms with van der Waals surface area (Å²) in [4.78, 5) is 4.51. The van der Waals surface area contributed by atoms with Crippen LogP contribution in [0.25, 0.3) is 0 Å². The zero-order chi connectivity index (χ0) is 20.0. The zero-order valence-electron chi connectivity index (χ0n) is 15.9. The molecule has 4 N–H and O–H groups in total. The predicted molar refractivity (Wildman–Crippen MR) is 102 cm³/mol. The maximum Gasteiger partial charge on any atom is 0.128 e. The second kappa shape index (κ2) is 7.33. The van der Waals surface area contributed by atoms with E-state index >= 15 is 0 Å². The average molecular weight is 399 g/mol. The van der Waals surface area contributed by atoms with Crippen LogP contribution in [0, 0.1) is 11.6 Å². The van der Waals surface area contributed by atoms with E-state index in [2.05, 4.69) is 30.2 Å². The Kier molecular flexibility index (Phi) is 4.65. The highest BCUT2D eigenvalue weighted by atomic mass is 19.1. The molecular formula is C20H23F2N7. The number of likely N-dealkylation sites (tertiary alicyclic amines) is 1. The van der Waals surface area contributed by atoms with Crippen molar-refractivity contribution in [3.63, 3.8) is 0 Å². The number of nitrogens with zero attached hydrogens (tertiary/aromatic N) is 4. The van der Waals surface area contributed by atoms with Crippen LogP contribution in [0.15, 0.2) is 36.8 Å². The Morgan fingerprint density at radius 2 is 2.07 bits per heavy atom.